The van der Waals surface area contributed by atoms with Crippen molar-refractivity contribution in [2.75, 3.05) is 38.3 Å². The summed E-state index contributed by atoms with van der Waals surface area (Å²) in [5.41, 5.74) is 4.41. The van der Waals surface area contributed by atoms with Gasteiger partial charge in [0.15, 0.2) is 0 Å². The van der Waals surface area contributed by atoms with E-state index < -0.39 is 0 Å². The van der Waals surface area contributed by atoms with Gasteiger partial charge in [0.2, 0.25) is 0 Å². The summed E-state index contributed by atoms with van der Waals surface area (Å²) < 4.78 is 10.8. The van der Waals surface area contributed by atoms with Crippen molar-refractivity contribution in [3.8, 4) is 0 Å². The number of nitrogens with zero attached hydrogens (tertiary/aromatic N) is 4. The molecule has 0 aliphatic carbocycles. The first kappa shape index (κ1) is 17.9. The van der Waals surface area contributed by atoms with Crippen LogP contribution in [0.5, 0.6) is 0 Å². The average molecular weight is 366 g/mol. The van der Waals surface area contributed by atoms with Gasteiger partial charge in [0.05, 0.1) is 24.4 Å². The molecular formula is C21H26N4O2. The molecule has 0 bridgehead atoms. The molecule has 1 aliphatic rings. The lowest BCUT2D eigenvalue weighted by molar-refractivity contribution is 0.122. The largest absolute Gasteiger partial charge is 0.378 e. The maximum absolute atomic E-state index is 5.53. The lowest BCUT2D eigenvalue weighted by Gasteiger charge is -2.30. The van der Waals surface area contributed by atoms with Crippen LogP contribution in [0.2, 0.25) is 0 Å². The summed E-state index contributed by atoms with van der Waals surface area (Å²) in [6.45, 7) is 8.85. The molecule has 3 heterocycles. The molecule has 1 fully saturated rings. The van der Waals surface area contributed by atoms with E-state index in [0.29, 0.717) is 0 Å². The molecule has 6 nitrogen and oxygen atoms in total. The second-order valence-electron chi connectivity index (χ2n) is 7.24. The Morgan fingerprint density at radius 1 is 1.11 bits per heavy atom. The Balaban J connectivity index is 1.64. The van der Waals surface area contributed by atoms with Crippen LogP contribution in [0, 0.1) is 13.8 Å². The van der Waals surface area contributed by atoms with Gasteiger partial charge in [0.25, 0.3) is 0 Å². The van der Waals surface area contributed by atoms with Crippen LogP contribution in [-0.2, 0) is 17.8 Å². The van der Waals surface area contributed by atoms with Crippen LogP contribution in [0.25, 0.3) is 10.9 Å². The molecule has 142 valence electrons. The van der Waals surface area contributed by atoms with E-state index in [0.717, 1.165) is 62.2 Å². The zero-order chi connectivity index (χ0) is 18.8. The average Bonchev–Trinajstić information content (AvgIpc) is 3.00. The Morgan fingerprint density at radius 2 is 1.89 bits per heavy atom. The summed E-state index contributed by atoms with van der Waals surface area (Å²) in [5.74, 6) is 1.96. The van der Waals surface area contributed by atoms with Crippen LogP contribution in [0.4, 0.5) is 5.82 Å². The van der Waals surface area contributed by atoms with Crippen molar-refractivity contribution in [3.63, 3.8) is 0 Å². The molecule has 1 aliphatic heterocycles. The second kappa shape index (κ2) is 7.66. The summed E-state index contributed by atoms with van der Waals surface area (Å²) >= 11 is 0. The SMILES string of the molecule is Cc1noc(C)c1CN(C)Cc1cc2ccccc2nc1N1CCOCC1. The van der Waals surface area contributed by atoms with E-state index in [1.807, 2.05) is 19.9 Å². The first-order valence-corrected chi connectivity index (χ1v) is 9.43. The van der Waals surface area contributed by atoms with E-state index in [1.165, 1.54) is 16.5 Å². The number of aromatic nitrogens is 2. The number of hydrogen-bond donors (Lipinski definition) is 0. The summed E-state index contributed by atoms with van der Waals surface area (Å²) in [4.78, 5) is 9.63. The number of morpholine rings is 1. The number of para-hydroxylation sites is 1. The molecule has 0 spiro atoms. The van der Waals surface area contributed by atoms with Gasteiger partial charge in [0.1, 0.15) is 11.6 Å². The Labute approximate surface area is 159 Å². The van der Waals surface area contributed by atoms with Crippen LogP contribution < -0.4 is 4.90 Å². The van der Waals surface area contributed by atoms with E-state index in [2.05, 4.69) is 46.3 Å². The van der Waals surface area contributed by atoms with Crippen LogP contribution in [-0.4, -0.2) is 48.4 Å². The fourth-order valence-electron chi connectivity index (χ4n) is 3.66. The second-order valence-corrected chi connectivity index (χ2v) is 7.24. The normalized spacial score (nSPS) is 15.0. The number of fused-ring (bicyclic) bond motifs is 1. The first-order valence-electron chi connectivity index (χ1n) is 9.43. The number of aryl methyl sites for hydroxylation is 2. The molecule has 4 rings (SSSR count). The van der Waals surface area contributed by atoms with E-state index in [4.69, 9.17) is 14.2 Å². The highest BCUT2D eigenvalue weighted by Crippen LogP contribution is 2.26. The maximum atomic E-state index is 5.53. The molecule has 0 amide bonds. The zero-order valence-electron chi connectivity index (χ0n) is 16.2. The molecule has 0 radical (unpaired) electrons. The van der Waals surface area contributed by atoms with E-state index in [-0.39, 0.29) is 0 Å². The van der Waals surface area contributed by atoms with Crippen molar-refractivity contribution in [1.82, 2.24) is 15.0 Å². The topological polar surface area (TPSA) is 54.6 Å². The van der Waals surface area contributed by atoms with Crippen LogP contribution in [0.3, 0.4) is 0 Å². The maximum Gasteiger partial charge on any atom is 0.138 e. The first-order chi connectivity index (χ1) is 13.1. The predicted octanol–water partition coefficient (Wildman–Crippen LogP) is 3.31. The van der Waals surface area contributed by atoms with Gasteiger partial charge in [-0.1, -0.05) is 23.4 Å². The quantitative estimate of drug-likeness (QED) is 0.691. The molecule has 6 heteroatoms. The molecule has 2 aromatic heterocycles. The summed E-state index contributed by atoms with van der Waals surface area (Å²) in [5, 5.41) is 5.25. The molecule has 0 N–H and O–H groups in total. The Kier molecular flexibility index (Phi) is 5.09. The highest BCUT2D eigenvalue weighted by molar-refractivity contribution is 5.81. The van der Waals surface area contributed by atoms with Gasteiger partial charge in [-0.25, -0.2) is 4.98 Å². The summed E-state index contributed by atoms with van der Waals surface area (Å²) in [6.07, 6.45) is 0. The van der Waals surface area contributed by atoms with Gasteiger partial charge in [-0.05, 0) is 33.0 Å². The molecule has 0 unspecified atom stereocenters. The van der Waals surface area contributed by atoms with Gasteiger partial charge < -0.3 is 14.2 Å². The highest BCUT2D eigenvalue weighted by Gasteiger charge is 2.19. The van der Waals surface area contributed by atoms with Gasteiger partial charge >= 0.3 is 0 Å². The smallest absolute Gasteiger partial charge is 0.138 e. The molecular weight excluding hydrogens is 340 g/mol. The van der Waals surface area contributed by atoms with Crippen molar-refractivity contribution in [2.24, 2.45) is 0 Å². The third-order valence-corrected chi connectivity index (χ3v) is 5.14. The number of hydrogen-bond acceptors (Lipinski definition) is 6. The molecule has 1 saturated heterocycles. The predicted molar refractivity (Wildman–Crippen MR) is 106 cm³/mol. The summed E-state index contributed by atoms with van der Waals surface area (Å²) in [6, 6.07) is 10.6. The standard InChI is InChI=1S/C21H26N4O2/c1-15-19(16(2)27-23-15)14-24(3)13-18-12-17-6-4-5-7-20(17)22-21(18)25-8-10-26-11-9-25/h4-7,12H,8-11,13-14H2,1-3H3. The molecule has 1 aromatic carbocycles. The van der Waals surface area contributed by atoms with Gasteiger partial charge in [0, 0.05) is 42.7 Å². The van der Waals surface area contributed by atoms with Crippen molar-refractivity contribution >= 4 is 16.7 Å². The van der Waals surface area contributed by atoms with Gasteiger partial charge in [-0.2, -0.15) is 0 Å². The fraction of sp³-hybridized carbons (Fsp3) is 0.429. The number of ether oxygens (including phenoxy) is 1. The Bertz CT molecular complexity index is 912. The minimum absolute atomic E-state index is 0.753. The Morgan fingerprint density at radius 3 is 2.63 bits per heavy atom. The lowest BCUT2D eigenvalue weighted by atomic mass is 10.1. The molecule has 0 atom stereocenters. The zero-order valence-corrected chi connectivity index (χ0v) is 16.2. The molecule has 27 heavy (non-hydrogen) atoms. The van der Waals surface area contributed by atoms with E-state index >= 15 is 0 Å². The third kappa shape index (κ3) is 3.82. The number of anilines is 1. The van der Waals surface area contributed by atoms with Crippen LogP contribution in [0.1, 0.15) is 22.6 Å². The minimum atomic E-state index is 0.753. The Hall–Kier alpha value is -2.44. The van der Waals surface area contributed by atoms with Crippen LogP contribution >= 0.6 is 0 Å². The monoisotopic (exact) mass is 366 g/mol. The molecule has 3 aromatic rings. The van der Waals surface area contributed by atoms with E-state index in [1.54, 1.807) is 0 Å². The number of pyridine rings is 1. The molecule has 0 saturated carbocycles. The summed E-state index contributed by atoms with van der Waals surface area (Å²) in [7, 11) is 2.13. The minimum Gasteiger partial charge on any atom is -0.378 e. The van der Waals surface area contributed by atoms with Gasteiger partial charge in [-0.15, -0.1) is 0 Å². The lowest BCUT2D eigenvalue weighted by Crippen LogP contribution is -2.37. The third-order valence-electron chi connectivity index (χ3n) is 5.14. The number of rotatable bonds is 5. The van der Waals surface area contributed by atoms with Crippen LogP contribution in [0.15, 0.2) is 34.9 Å². The van der Waals surface area contributed by atoms with Crippen molar-refractivity contribution < 1.29 is 9.26 Å². The van der Waals surface area contributed by atoms with Crippen molar-refractivity contribution in [2.45, 2.75) is 26.9 Å². The fourth-order valence-corrected chi connectivity index (χ4v) is 3.66. The van der Waals surface area contributed by atoms with Gasteiger partial charge in [-0.3, -0.25) is 4.90 Å². The number of benzene rings is 1. The van der Waals surface area contributed by atoms with Crippen molar-refractivity contribution in [3.05, 3.63) is 52.9 Å². The highest BCUT2D eigenvalue weighted by atomic mass is 16.5. The van der Waals surface area contributed by atoms with E-state index in [9.17, 15) is 0 Å². The van der Waals surface area contributed by atoms with Crippen molar-refractivity contribution in [1.29, 1.82) is 0 Å².